The lowest BCUT2D eigenvalue weighted by Crippen LogP contribution is -2.17. The van der Waals surface area contributed by atoms with E-state index in [9.17, 15) is 4.79 Å². The molecule has 0 heterocycles. The zero-order chi connectivity index (χ0) is 20.2. The molecule has 3 heteroatoms. The summed E-state index contributed by atoms with van der Waals surface area (Å²) < 4.78 is 0. The second-order valence-electron chi connectivity index (χ2n) is 7.85. The number of nitrogens with one attached hydrogen (secondary N) is 1. The molecule has 0 saturated carbocycles. The topological polar surface area (TPSA) is 32.3 Å². The number of hydrogen-bond donors (Lipinski definition) is 1. The van der Waals surface area contributed by atoms with Crippen LogP contribution >= 0.6 is 0 Å². The van der Waals surface area contributed by atoms with E-state index in [4.69, 9.17) is 0 Å². The number of fused-ring (bicyclic) bond motifs is 1. The van der Waals surface area contributed by atoms with Gasteiger partial charge >= 0.3 is 0 Å². The lowest BCUT2D eigenvalue weighted by atomic mass is 9.91. The molecule has 0 spiro atoms. The number of carbonyl (C=O) groups is 1. The largest absolute Gasteiger partial charge is 0.322 e. The van der Waals surface area contributed by atoms with E-state index < -0.39 is 0 Å². The first kappa shape index (κ1) is 19.2. The SMILES string of the molecule is CN(C)CC1=Cc2ccc(NC(=O)c3ccc(-c4ccccc4)cc3)cc2CC1. The Bertz CT molecular complexity index is 1030. The summed E-state index contributed by atoms with van der Waals surface area (Å²) in [6.45, 7) is 0.997. The van der Waals surface area contributed by atoms with Crippen LogP contribution in [0, 0.1) is 0 Å². The molecule has 146 valence electrons. The van der Waals surface area contributed by atoms with Crippen molar-refractivity contribution in [2.24, 2.45) is 0 Å². The highest BCUT2D eigenvalue weighted by Gasteiger charge is 2.13. The Morgan fingerprint density at radius 3 is 2.34 bits per heavy atom. The number of aryl methyl sites for hydroxylation is 1. The molecule has 3 aromatic carbocycles. The van der Waals surface area contributed by atoms with E-state index in [2.05, 4.69) is 54.7 Å². The minimum Gasteiger partial charge on any atom is -0.322 e. The quantitative estimate of drug-likeness (QED) is 0.632. The summed E-state index contributed by atoms with van der Waals surface area (Å²) in [5, 5.41) is 3.04. The second-order valence-corrected chi connectivity index (χ2v) is 7.85. The van der Waals surface area contributed by atoms with E-state index in [-0.39, 0.29) is 5.91 Å². The molecule has 29 heavy (non-hydrogen) atoms. The second kappa shape index (κ2) is 8.46. The smallest absolute Gasteiger partial charge is 0.255 e. The van der Waals surface area contributed by atoms with Crippen LogP contribution in [0.5, 0.6) is 0 Å². The first-order chi connectivity index (χ1) is 14.1. The monoisotopic (exact) mass is 382 g/mol. The Labute approximate surface area is 172 Å². The van der Waals surface area contributed by atoms with Crippen molar-refractivity contribution in [1.82, 2.24) is 4.90 Å². The third-order valence-corrected chi connectivity index (χ3v) is 5.25. The number of anilines is 1. The third-order valence-electron chi connectivity index (χ3n) is 5.25. The highest BCUT2D eigenvalue weighted by molar-refractivity contribution is 6.04. The maximum atomic E-state index is 12.7. The van der Waals surface area contributed by atoms with E-state index in [1.165, 1.54) is 16.7 Å². The van der Waals surface area contributed by atoms with Crippen molar-refractivity contribution in [2.45, 2.75) is 12.8 Å². The van der Waals surface area contributed by atoms with Gasteiger partial charge in [-0.15, -0.1) is 0 Å². The number of hydrogen-bond acceptors (Lipinski definition) is 2. The molecule has 4 rings (SSSR count). The van der Waals surface area contributed by atoms with Gasteiger partial charge in [0.15, 0.2) is 0 Å². The van der Waals surface area contributed by atoms with Crippen LogP contribution in [0.2, 0.25) is 0 Å². The van der Waals surface area contributed by atoms with Gasteiger partial charge in [0, 0.05) is 17.8 Å². The van der Waals surface area contributed by atoms with Gasteiger partial charge in [0.05, 0.1) is 0 Å². The summed E-state index contributed by atoms with van der Waals surface area (Å²) in [4.78, 5) is 14.9. The van der Waals surface area contributed by atoms with Crippen LogP contribution in [-0.4, -0.2) is 31.4 Å². The van der Waals surface area contributed by atoms with Crippen molar-refractivity contribution in [1.29, 1.82) is 0 Å². The lowest BCUT2D eigenvalue weighted by Gasteiger charge is -2.20. The van der Waals surface area contributed by atoms with Crippen molar-refractivity contribution < 1.29 is 4.79 Å². The number of amides is 1. The van der Waals surface area contributed by atoms with Crippen molar-refractivity contribution in [3.8, 4) is 11.1 Å². The number of benzene rings is 3. The van der Waals surface area contributed by atoms with Crippen molar-refractivity contribution in [3.05, 3.63) is 95.1 Å². The number of likely N-dealkylation sites (N-methyl/N-ethyl adjacent to an activating group) is 1. The van der Waals surface area contributed by atoms with Gasteiger partial charge in [0.1, 0.15) is 0 Å². The molecule has 1 amide bonds. The van der Waals surface area contributed by atoms with E-state index in [0.717, 1.165) is 36.2 Å². The number of carbonyl (C=O) groups excluding carboxylic acids is 1. The van der Waals surface area contributed by atoms with Crippen LogP contribution < -0.4 is 5.32 Å². The Morgan fingerprint density at radius 2 is 1.62 bits per heavy atom. The molecular weight excluding hydrogens is 356 g/mol. The Balaban J connectivity index is 1.46. The van der Waals surface area contributed by atoms with E-state index >= 15 is 0 Å². The maximum absolute atomic E-state index is 12.7. The molecular formula is C26H26N2O. The molecule has 0 radical (unpaired) electrons. The Morgan fingerprint density at radius 1 is 0.897 bits per heavy atom. The van der Waals surface area contributed by atoms with Crippen molar-refractivity contribution in [2.75, 3.05) is 26.0 Å². The van der Waals surface area contributed by atoms with Crippen LogP contribution in [-0.2, 0) is 6.42 Å². The molecule has 0 aromatic heterocycles. The lowest BCUT2D eigenvalue weighted by molar-refractivity contribution is 0.102. The van der Waals surface area contributed by atoms with Gasteiger partial charge < -0.3 is 10.2 Å². The first-order valence-electron chi connectivity index (χ1n) is 10.0. The van der Waals surface area contributed by atoms with Crippen molar-refractivity contribution in [3.63, 3.8) is 0 Å². The van der Waals surface area contributed by atoms with E-state index in [0.29, 0.717) is 5.56 Å². The van der Waals surface area contributed by atoms with Gasteiger partial charge in [0.25, 0.3) is 5.91 Å². The first-order valence-corrected chi connectivity index (χ1v) is 10.0. The molecule has 1 aliphatic carbocycles. The number of nitrogens with zero attached hydrogens (tertiary/aromatic N) is 1. The summed E-state index contributed by atoms with van der Waals surface area (Å²) >= 11 is 0. The third kappa shape index (κ3) is 4.64. The van der Waals surface area contributed by atoms with Gasteiger partial charge in [0.2, 0.25) is 0 Å². The summed E-state index contributed by atoms with van der Waals surface area (Å²) in [5.74, 6) is -0.0794. The minimum atomic E-state index is -0.0794. The fourth-order valence-electron chi connectivity index (χ4n) is 3.81. The summed E-state index contributed by atoms with van der Waals surface area (Å²) in [6, 6.07) is 24.1. The van der Waals surface area contributed by atoms with Gasteiger partial charge in [-0.1, -0.05) is 60.2 Å². The van der Waals surface area contributed by atoms with Crippen LogP contribution in [0.25, 0.3) is 17.2 Å². The molecule has 3 aromatic rings. The normalized spacial score (nSPS) is 13.0. The molecule has 0 unspecified atom stereocenters. The van der Waals surface area contributed by atoms with Crippen molar-refractivity contribution >= 4 is 17.7 Å². The molecule has 0 saturated heterocycles. The summed E-state index contributed by atoms with van der Waals surface area (Å²) in [6.07, 6.45) is 4.38. The summed E-state index contributed by atoms with van der Waals surface area (Å²) in [5.41, 5.74) is 7.79. The van der Waals surface area contributed by atoms with Gasteiger partial charge in [-0.25, -0.2) is 0 Å². The molecule has 0 atom stereocenters. The predicted octanol–water partition coefficient (Wildman–Crippen LogP) is 5.50. The average molecular weight is 383 g/mol. The Kier molecular flexibility index (Phi) is 5.59. The molecule has 0 aliphatic heterocycles. The molecule has 1 N–H and O–H groups in total. The van der Waals surface area contributed by atoms with Crippen LogP contribution in [0.15, 0.2) is 78.4 Å². The molecule has 0 bridgehead atoms. The average Bonchev–Trinajstić information content (AvgIpc) is 2.74. The fourth-order valence-corrected chi connectivity index (χ4v) is 3.81. The highest BCUT2D eigenvalue weighted by Crippen LogP contribution is 2.27. The van der Waals surface area contributed by atoms with Gasteiger partial charge in [-0.3, -0.25) is 4.79 Å². The summed E-state index contributed by atoms with van der Waals surface area (Å²) in [7, 11) is 4.20. The molecule has 0 fully saturated rings. The maximum Gasteiger partial charge on any atom is 0.255 e. The molecule has 1 aliphatic rings. The Hall–Kier alpha value is -3.17. The zero-order valence-electron chi connectivity index (χ0n) is 17.0. The predicted molar refractivity (Wildman–Crippen MR) is 121 cm³/mol. The van der Waals surface area contributed by atoms with Crippen LogP contribution in [0.3, 0.4) is 0 Å². The minimum absolute atomic E-state index is 0.0794. The van der Waals surface area contributed by atoms with Gasteiger partial charge in [-0.2, -0.15) is 0 Å². The molecule has 3 nitrogen and oxygen atoms in total. The van der Waals surface area contributed by atoms with E-state index in [1.807, 2.05) is 48.5 Å². The van der Waals surface area contributed by atoms with Crippen LogP contribution in [0.4, 0.5) is 5.69 Å². The highest BCUT2D eigenvalue weighted by atomic mass is 16.1. The standard InChI is InChI=1S/C26H26N2O/c1-28(2)18-19-8-9-24-17-25(15-14-23(24)16-19)27-26(29)22-12-10-21(11-13-22)20-6-4-3-5-7-20/h3-7,10-17H,8-9,18H2,1-2H3,(H,27,29). The van der Waals surface area contributed by atoms with Gasteiger partial charge in [-0.05, 0) is 73.5 Å². The fraction of sp³-hybridized carbons (Fsp3) is 0.192. The van der Waals surface area contributed by atoms with Crippen LogP contribution in [0.1, 0.15) is 27.9 Å². The number of rotatable bonds is 5. The van der Waals surface area contributed by atoms with E-state index in [1.54, 1.807) is 0 Å². The zero-order valence-corrected chi connectivity index (χ0v) is 17.0.